The average Bonchev–Trinajstić information content (AvgIpc) is 2.43. The van der Waals surface area contributed by atoms with E-state index < -0.39 is 0 Å². The van der Waals surface area contributed by atoms with Gasteiger partial charge >= 0.3 is 0 Å². The summed E-state index contributed by atoms with van der Waals surface area (Å²) in [5.74, 6) is 0.790. The maximum atomic E-state index is 6.20. The molecule has 112 valence electrons. The van der Waals surface area contributed by atoms with E-state index in [4.69, 9.17) is 9.47 Å². The van der Waals surface area contributed by atoms with Gasteiger partial charge in [0.1, 0.15) is 6.10 Å². The Balaban J connectivity index is 2.15. The van der Waals surface area contributed by atoms with E-state index in [1.807, 2.05) is 14.0 Å². The second-order valence-electron chi connectivity index (χ2n) is 5.66. The van der Waals surface area contributed by atoms with E-state index in [9.17, 15) is 0 Å². The number of hydrogen-bond acceptors (Lipinski definition) is 4. The normalized spacial score (nSPS) is 22.8. The van der Waals surface area contributed by atoms with Crippen LogP contribution in [0.1, 0.15) is 42.5 Å². The topological polar surface area (TPSA) is 43.4 Å². The van der Waals surface area contributed by atoms with Gasteiger partial charge in [0.15, 0.2) is 0 Å². The molecule has 4 heteroatoms. The van der Waals surface area contributed by atoms with Crippen molar-refractivity contribution in [3.8, 4) is 5.88 Å². The molecule has 2 rings (SSSR count). The second-order valence-corrected chi connectivity index (χ2v) is 5.66. The molecule has 20 heavy (non-hydrogen) atoms. The van der Waals surface area contributed by atoms with Crippen LogP contribution in [-0.2, 0) is 11.3 Å². The highest BCUT2D eigenvalue weighted by Gasteiger charge is 2.24. The Morgan fingerprint density at radius 3 is 2.75 bits per heavy atom. The lowest BCUT2D eigenvalue weighted by Crippen LogP contribution is -2.30. The summed E-state index contributed by atoms with van der Waals surface area (Å²) in [7, 11) is 3.74. The van der Waals surface area contributed by atoms with Crippen LogP contribution < -0.4 is 10.1 Å². The van der Waals surface area contributed by atoms with Crippen molar-refractivity contribution in [1.29, 1.82) is 0 Å². The van der Waals surface area contributed by atoms with Crippen LogP contribution >= 0.6 is 0 Å². The third-order valence-corrected chi connectivity index (χ3v) is 3.98. The van der Waals surface area contributed by atoms with Gasteiger partial charge in [-0.3, -0.25) is 0 Å². The van der Waals surface area contributed by atoms with Crippen molar-refractivity contribution in [3.63, 3.8) is 0 Å². The fourth-order valence-corrected chi connectivity index (χ4v) is 2.90. The highest BCUT2D eigenvalue weighted by Crippen LogP contribution is 2.28. The molecule has 0 saturated heterocycles. The van der Waals surface area contributed by atoms with Crippen LogP contribution in [0.3, 0.4) is 0 Å². The van der Waals surface area contributed by atoms with Gasteiger partial charge in [0.05, 0.1) is 6.10 Å². The van der Waals surface area contributed by atoms with Gasteiger partial charge in [0, 0.05) is 31.3 Å². The molecule has 0 bridgehead atoms. The predicted octanol–water partition coefficient (Wildman–Crippen LogP) is 2.75. The molecule has 0 spiro atoms. The van der Waals surface area contributed by atoms with Crippen LogP contribution in [0, 0.1) is 13.8 Å². The lowest BCUT2D eigenvalue weighted by Gasteiger charge is -2.29. The molecule has 2 atom stereocenters. The van der Waals surface area contributed by atoms with E-state index in [-0.39, 0.29) is 6.10 Å². The van der Waals surface area contributed by atoms with Crippen molar-refractivity contribution in [2.45, 2.75) is 58.3 Å². The van der Waals surface area contributed by atoms with Gasteiger partial charge in [-0.2, -0.15) is 0 Å². The molecule has 1 fully saturated rings. The summed E-state index contributed by atoms with van der Waals surface area (Å²) in [6.45, 7) is 4.92. The van der Waals surface area contributed by atoms with Gasteiger partial charge < -0.3 is 14.8 Å². The van der Waals surface area contributed by atoms with Crippen LogP contribution in [0.4, 0.5) is 0 Å². The minimum Gasteiger partial charge on any atom is -0.474 e. The highest BCUT2D eigenvalue weighted by atomic mass is 16.5. The lowest BCUT2D eigenvalue weighted by atomic mass is 9.95. The first-order valence-electron chi connectivity index (χ1n) is 7.45. The van der Waals surface area contributed by atoms with Crippen molar-refractivity contribution < 1.29 is 9.47 Å². The van der Waals surface area contributed by atoms with Crippen LogP contribution in [0.25, 0.3) is 0 Å². The standard InChI is InChI=1S/C16H26N2O2/c1-11-8-12(2)18-16(15(11)10-17-3)20-14-7-5-6-13(9-14)19-4/h8,13-14,17H,5-7,9-10H2,1-4H3. The number of hydrogen-bond donors (Lipinski definition) is 1. The molecule has 0 aliphatic heterocycles. The summed E-state index contributed by atoms with van der Waals surface area (Å²) in [4.78, 5) is 4.59. The summed E-state index contributed by atoms with van der Waals surface area (Å²) in [5.41, 5.74) is 3.41. The number of aromatic nitrogens is 1. The number of ether oxygens (including phenoxy) is 2. The smallest absolute Gasteiger partial charge is 0.218 e. The Morgan fingerprint density at radius 1 is 1.30 bits per heavy atom. The van der Waals surface area contributed by atoms with Gasteiger partial charge in [0.2, 0.25) is 5.88 Å². The van der Waals surface area contributed by atoms with E-state index in [0.717, 1.165) is 49.4 Å². The van der Waals surface area contributed by atoms with E-state index in [1.54, 1.807) is 7.11 Å². The first kappa shape index (κ1) is 15.3. The fraction of sp³-hybridized carbons (Fsp3) is 0.688. The number of nitrogens with one attached hydrogen (secondary N) is 1. The van der Waals surface area contributed by atoms with E-state index >= 15 is 0 Å². The van der Waals surface area contributed by atoms with Crippen LogP contribution in [0.15, 0.2) is 6.07 Å². The maximum absolute atomic E-state index is 6.20. The van der Waals surface area contributed by atoms with Gasteiger partial charge in [-0.05, 0) is 51.8 Å². The quantitative estimate of drug-likeness (QED) is 0.899. The van der Waals surface area contributed by atoms with Crippen molar-refractivity contribution in [1.82, 2.24) is 10.3 Å². The fourth-order valence-electron chi connectivity index (χ4n) is 2.90. The Hall–Kier alpha value is -1.13. The third-order valence-electron chi connectivity index (χ3n) is 3.98. The number of aryl methyl sites for hydroxylation is 2. The van der Waals surface area contributed by atoms with Crippen LogP contribution in [-0.4, -0.2) is 31.3 Å². The molecule has 1 saturated carbocycles. The van der Waals surface area contributed by atoms with E-state index in [2.05, 4.69) is 23.3 Å². The molecule has 1 N–H and O–H groups in total. The molecule has 1 aliphatic carbocycles. The summed E-state index contributed by atoms with van der Waals surface area (Å²) in [5, 5.41) is 3.20. The zero-order chi connectivity index (χ0) is 14.5. The molecular weight excluding hydrogens is 252 g/mol. The van der Waals surface area contributed by atoms with Crippen LogP contribution in [0.2, 0.25) is 0 Å². The molecule has 0 radical (unpaired) electrons. The first-order valence-corrected chi connectivity index (χ1v) is 7.45. The van der Waals surface area contributed by atoms with Crippen molar-refractivity contribution in [2.24, 2.45) is 0 Å². The molecule has 0 aromatic carbocycles. The molecule has 1 aromatic heterocycles. The monoisotopic (exact) mass is 278 g/mol. The predicted molar refractivity (Wildman–Crippen MR) is 80.2 cm³/mol. The van der Waals surface area contributed by atoms with Gasteiger partial charge in [-0.1, -0.05) is 0 Å². The minimum atomic E-state index is 0.220. The SMILES string of the molecule is CNCc1c(C)cc(C)nc1OC1CCCC(OC)C1. The number of pyridine rings is 1. The van der Waals surface area contributed by atoms with Crippen molar-refractivity contribution in [3.05, 3.63) is 22.9 Å². The largest absolute Gasteiger partial charge is 0.474 e. The first-order chi connectivity index (χ1) is 9.63. The summed E-state index contributed by atoms with van der Waals surface area (Å²) in [6, 6.07) is 2.11. The second kappa shape index (κ2) is 7.04. The molecule has 1 aliphatic rings. The highest BCUT2D eigenvalue weighted by molar-refractivity contribution is 5.36. The molecule has 1 aromatic rings. The summed E-state index contributed by atoms with van der Waals surface area (Å²) in [6.07, 6.45) is 4.90. The lowest BCUT2D eigenvalue weighted by molar-refractivity contribution is 0.0191. The Labute approximate surface area is 121 Å². The van der Waals surface area contributed by atoms with Crippen molar-refractivity contribution in [2.75, 3.05) is 14.2 Å². The maximum Gasteiger partial charge on any atom is 0.218 e. The Bertz CT molecular complexity index is 448. The number of nitrogens with zero attached hydrogens (tertiary/aromatic N) is 1. The summed E-state index contributed by atoms with van der Waals surface area (Å²) < 4.78 is 11.7. The molecule has 0 amide bonds. The molecular formula is C16H26N2O2. The number of rotatable bonds is 5. The van der Waals surface area contributed by atoms with Gasteiger partial charge in [-0.25, -0.2) is 4.98 Å². The van der Waals surface area contributed by atoms with Gasteiger partial charge in [-0.15, -0.1) is 0 Å². The van der Waals surface area contributed by atoms with E-state index in [0.29, 0.717) is 6.10 Å². The van der Waals surface area contributed by atoms with Gasteiger partial charge in [0.25, 0.3) is 0 Å². The Kier molecular flexibility index (Phi) is 5.38. The third kappa shape index (κ3) is 3.70. The van der Waals surface area contributed by atoms with Crippen LogP contribution in [0.5, 0.6) is 5.88 Å². The average molecular weight is 278 g/mol. The Morgan fingerprint density at radius 2 is 2.05 bits per heavy atom. The molecule has 4 nitrogen and oxygen atoms in total. The van der Waals surface area contributed by atoms with Crippen molar-refractivity contribution >= 4 is 0 Å². The molecule has 1 heterocycles. The van der Waals surface area contributed by atoms with E-state index in [1.165, 1.54) is 5.56 Å². The number of methoxy groups -OCH3 is 1. The molecule has 2 unspecified atom stereocenters. The zero-order valence-electron chi connectivity index (χ0n) is 13.0. The zero-order valence-corrected chi connectivity index (χ0v) is 13.0. The summed E-state index contributed by atoms with van der Waals surface area (Å²) >= 11 is 0. The minimum absolute atomic E-state index is 0.220.